The molecule has 0 aliphatic carbocycles. The van der Waals surface area contributed by atoms with E-state index < -0.39 is 16.0 Å². The van der Waals surface area contributed by atoms with Crippen LogP contribution in [0.4, 0.5) is 5.69 Å². The molecule has 0 bridgehead atoms. The maximum atomic E-state index is 12.8. The summed E-state index contributed by atoms with van der Waals surface area (Å²) >= 11 is 0. The fourth-order valence-corrected chi connectivity index (χ4v) is 4.14. The topological polar surface area (TPSA) is 90.3 Å². The van der Waals surface area contributed by atoms with Gasteiger partial charge in [0.1, 0.15) is 4.90 Å². The Bertz CT molecular complexity index is 1090. The van der Waals surface area contributed by atoms with Crippen molar-refractivity contribution in [1.82, 2.24) is 9.78 Å². The highest BCUT2D eigenvalue weighted by atomic mass is 32.2. The van der Waals surface area contributed by atoms with Crippen molar-refractivity contribution in [2.75, 3.05) is 11.3 Å². The number of aryl methyl sites for hydroxylation is 1. The largest absolute Gasteiger partial charge is 0.462 e. The number of carbonyl (C=O) groups excluding carboxylic acids is 1. The van der Waals surface area contributed by atoms with E-state index in [0.717, 1.165) is 18.4 Å². The zero-order valence-electron chi connectivity index (χ0n) is 17.0. The highest BCUT2D eigenvalue weighted by Crippen LogP contribution is 2.20. The summed E-state index contributed by atoms with van der Waals surface area (Å²) in [7, 11) is -3.82. The average molecular weight is 428 g/mol. The summed E-state index contributed by atoms with van der Waals surface area (Å²) in [6.07, 6.45) is 3.26. The van der Waals surface area contributed by atoms with E-state index in [1.165, 1.54) is 30.5 Å². The molecule has 0 aliphatic rings. The monoisotopic (exact) mass is 427 g/mol. The van der Waals surface area contributed by atoms with Gasteiger partial charge in [-0.05, 0) is 43.2 Å². The van der Waals surface area contributed by atoms with E-state index in [4.69, 9.17) is 4.74 Å². The van der Waals surface area contributed by atoms with Crippen molar-refractivity contribution in [2.45, 2.75) is 38.1 Å². The number of hydrogen-bond acceptors (Lipinski definition) is 5. The van der Waals surface area contributed by atoms with Gasteiger partial charge in [0, 0.05) is 11.9 Å². The summed E-state index contributed by atoms with van der Waals surface area (Å²) in [5.74, 6) is -0.420. The number of nitrogens with zero attached hydrogens (tertiary/aromatic N) is 2. The molecule has 0 amide bonds. The van der Waals surface area contributed by atoms with E-state index in [9.17, 15) is 13.2 Å². The fraction of sp³-hybridized carbons (Fsp3) is 0.273. The van der Waals surface area contributed by atoms with E-state index in [1.54, 1.807) is 11.6 Å². The lowest BCUT2D eigenvalue weighted by Gasteiger charge is -2.08. The van der Waals surface area contributed by atoms with E-state index in [1.807, 2.05) is 37.3 Å². The predicted octanol–water partition coefficient (Wildman–Crippen LogP) is 4.00. The Morgan fingerprint density at radius 1 is 1.10 bits per heavy atom. The molecular formula is C22H25N3O4S. The van der Waals surface area contributed by atoms with Gasteiger partial charge in [0.05, 0.1) is 24.4 Å². The quantitative estimate of drug-likeness (QED) is 0.412. The predicted molar refractivity (Wildman–Crippen MR) is 115 cm³/mol. The number of hydrogen-bond donors (Lipinski definition) is 1. The molecule has 8 heteroatoms. The SMILES string of the molecule is CCCCOC(=O)c1ccc(NS(=O)(=O)c2cn(Cc3ccccc3)nc2C)cc1. The van der Waals surface area contributed by atoms with E-state index in [-0.39, 0.29) is 4.90 Å². The number of nitrogens with one attached hydrogen (secondary N) is 1. The number of anilines is 1. The van der Waals surface area contributed by atoms with Crippen LogP contribution in [0.3, 0.4) is 0 Å². The van der Waals surface area contributed by atoms with Crippen LogP contribution in [0.25, 0.3) is 0 Å². The number of esters is 1. The third-order valence-electron chi connectivity index (χ3n) is 4.48. The van der Waals surface area contributed by atoms with Crippen LogP contribution >= 0.6 is 0 Å². The molecule has 3 rings (SSSR count). The first-order chi connectivity index (χ1) is 14.4. The van der Waals surface area contributed by atoms with Crippen molar-refractivity contribution >= 4 is 21.7 Å². The highest BCUT2D eigenvalue weighted by molar-refractivity contribution is 7.92. The Labute approximate surface area is 176 Å². The molecule has 2 aromatic carbocycles. The van der Waals surface area contributed by atoms with E-state index in [2.05, 4.69) is 9.82 Å². The number of carbonyl (C=O) groups is 1. The second kappa shape index (κ2) is 9.58. The second-order valence-corrected chi connectivity index (χ2v) is 8.59. The molecule has 0 saturated heterocycles. The molecule has 0 unspecified atom stereocenters. The zero-order valence-corrected chi connectivity index (χ0v) is 17.9. The fourth-order valence-electron chi connectivity index (χ4n) is 2.89. The summed E-state index contributed by atoms with van der Waals surface area (Å²) < 4.78 is 35.0. The molecule has 30 heavy (non-hydrogen) atoms. The number of ether oxygens (including phenoxy) is 1. The Kier molecular flexibility index (Phi) is 6.89. The van der Waals surface area contributed by atoms with Crippen molar-refractivity contribution in [3.8, 4) is 0 Å². The normalized spacial score (nSPS) is 11.3. The van der Waals surface area contributed by atoms with Crippen LogP contribution in [0.2, 0.25) is 0 Å². The third kappa shape index (κ3) is 5.48. The molecule has 7 nitrogen and oxygen atoms in total. The average Bonchev–Trinajstić information content (AvgIpc) is 3.10. The summed E-state index contributed by atoms with van der Waals surface area (Å²) in [5.41, 5.74) is 2.17. The first-order valence-electron chi connectivity index (χ1n) is 9.77. The Hall–Kier alpha value is -3.13. The Balaban J connectivity index is 1.70. The van der Waals surface area contributed by atoms with Gasteiger partial charge in [0.15, 0.2) is 0 Å². The van der Waals surface area contributed by atoms with Crippen LogP contribution in [-0.2, 0) is 21.3 Å². The molecule has 1 heterocycles. The molecule has 1 N–H and O–H groups in total. The maximum Gasteiger partial charge on any atom is 0.338 e. The second-order valence-electron chi connectivity index (χ2n) is 6.93. The minimum atomic E-state index is -3.82. The van der Waals surface area contributed by atoms with Gasteiger partial charge in [-0.25, -0.2) is 13.2 Å². The van der Waals surface area contributed by atoms with Crippen LogP contribution in [0, 0.1) is 6.92 Å². The van der Waals surface area contributed by atoms with Crippen LogP contribution in [0.15, 0.2) is 65.7 Å². The summed E-state index contributed by atoms with van der Waals surface area (Å²) in [6, 6.07) is 15.8. The van der Waals surface area contributed by atoms with Crippen molar-refractivity contribution < 1.29 is 17.9 Å². The van der Waals surface area contributed by atoms with Crippen molar-refractivity contribution in [3.05, 3.63) is 77.6 Å². The molecule has 3 aromatic rings. The van der Waals surface area contributed by atoms with Gasteiger partial charge in [-0.3, -0.25) is 9.40 Å². The molecule has 0 saturated carbocycles. The first kappa shape index (κ1) is 21.6. The Morgan fingerprint density at radius 3 is 2.47 bits per heavy atom. The molecule has 0 aliphatic heterocycles. The van der Waals surface area contributed by atoms with Crippen molar-refractivity contribution in [3.63, 3.8) is 0 Å². The molecule has 0 fully saturated rings. The van der Waals surface area contributed by atoms with E-state index in [0.29, 0.717) is 30.1 Å². The number of benzene rings is 2. The Morgan fingerprint density at radius 2 is 1.80 bits per heavy atom. The minimum absolute atomic E-state index is 0.112. The lowest BCUT2D eigenvalue weighted by atomic mass is 10.2. The maximum absolute atomic E-state index is 12.8. The third-order valence-corrected chi connectivity index (χ3v) is 5.97. The van der Waals surface area contributed by atoms with Crippen LogP contribution < -0.4 is 4.72 Å². The number of aromatic nitrogens is 2. The molecule has 1 aromatic heterocycles. The number of unbranched alkanes of at least 4 members (excludes halogenated alkanes) is 1. The van der Waals surface area contributed by atoms with Crippen LogP contribution in [0.1, 0.15) is 41.4 Å². The minimum Gasteiger partial charge on any atom is -0.462 e. The van der Waals surface area contributed by atoms with Gasteiger partial charge >= 0.3 is 5.97 Å². The lowest BCUT2D eigenvalue weighted by molar-refractivity contribution is 0.0500. The van der Waals surface area contributed by atoms with Gasteiger partial charge in [0.25, 0.3) is 10.0 Å². The zero-order chi connectivity index (χ0) is 21.6. The number of sulfonamides is 1. The summed E-state index contributed by atoms with van der Waals surface area (Å²) in [5, 5.41) is 4.32. The van der Waals surface area contributed by atoms with E-state index >= 15 is 0 Å². The number of rotatable bonds is 9. The summed E-state index contributed by atoms with van der Waals surface area (Å²) in [6.45, 7) is 4.52. The molecule has 158 valence electrons. The van der Waals surface area contributed by atoms with Gasteiger partial charge in [0.2, 0.25) is 0 Å². The van der Waals surface area contributed by atoms with Crippen molar-refractivity contribution in [1.29, 1.82) is 0 Å². The van der Waals surface area contributed by atoms with Crippen LogP contribution in [-0.4, -0.2) is 30.8 Å². The van der Waals surface area contributed by atoms with Gasteiger partial charge in [-0.15, -0.1) is 0 Å². The molecule has 0 atom stereocenters. The van der Waals surface area contributed by atoms with Gasteiger partial charge < -0.3 is 4.74 Å². The molecule has 0 spiro atoms. The first-order valence-corrected chi connectivity index (χ1v) is 11.3. The lowest BCUT2D eigenvalue weighted by Crippen LogP contribution is -2.13. The molecular weight excluding hydrogens is 402 g/mol. The molecule has 0 radical (unpaired) electrons. The van der Waals surface area contributed by atoms with Crippen molar-refractivity contribution in [2.24, 2.45) is 0 Å². The standard InChI is InChI=1S/C22H25N3O4S/c1-3-4-14-29-22(26)19-10-12-20(13-11-19)24-30(27,28)21-16-25(23-17(21)2)15-18-8-6-5-7-9-18/h5-13,16,24H,3-4,14-15H2,1-2H3. The van der Waals surface area contributed by atoms with Gasteiger partial charge in [-0.1, -0.05) is 43.7 Å². The smallest absolute Gasteiger partial charge is 0.338 e. The van der Waals surface area contributed by atoms with Crippen LogP contribution in [0.5, 0.6) is 0 Å². The van der Waals surface area contributed by atoms with Gasteiger partial charge in [-0.2, -0.15) is 5.10 Å². The highest BCUT2D eigenvalue weighted by Gasteiger charge is 2.21. The summed E-state index contributed by atoms with van der Waals surface area (Å²) in [4.78, 5) is 12.1.